The lowest BCUT2D eigenvalue weighted by Crippen LogP contribution is -2.44. The molecule has 0 bridgehead atoms. The van der Waals surface area contributed by atoms with Crippen molar-refractivity contribution in [3.8, 4) is 0 Å². The van der Waals surface area contributed by atoms with E-state index in [0.717, 1.165) is 70.0 Å². The van der Waals surface area contributed by atoms with Crippen molar-refractivity contribution in [3.63, 3.8) is 0 Å². The van der Waals surface area contributed by atoms with E-state index in [0.29, 0.717) is 12.0 Å². The van der Waals surface area contributed by atoms with Crippen LogP contribution in [0.1, 0.15) is 61.1 Å². The summed E-state index contributed by atoms with van der Waals surface area (Å²) < 4.78 is 7.48. The number of ether oxygens (including phenoxy) is 1. The molecule has 1 unspecified atom stereocenters. The van der Waals surface area contributed by atoms with Crippen LogP contribution in [0.3, 0.4) is 0 Å². The summed E-state index contributed by atoms with van der Waals surface area (Å²) in [5.74, 6) is 0.606. The largest absolute Gasteiger partial charge is 0.381 e. The molecule has 0 N–H and O–H groups in total. The molecule has 2 saturated heterocycles. The molecule has 0 radical (unpaired) electrons. The summed E-state index contributed by atoms with van der Waals surface area (Å²) in [6.45, 7) is 8.59. The van der Waals surface area contributed by atoms with E-state index in [1.54, 1.807) is 0 Å². The summed E-state index contributed by atoms with van der Waals surface area (Å²) in [5, 5.41) is 4.85. The molecule has 3 aliphatic heterocycles. The fourth-order valence-electron chi connectivity index (χ4n) is 4.59. The van der Waals surface area contributed by atoms with Crippen LogP contribution in [-0.2, 0) is 11.3 Å². The van der Waals surface area contributed by atoms with Gasteiger partial charge in [0.15, 0.2) is 0 Å². The van der Waals surface area contributed by atoms with Crippen LogP contribution in [-0.4, -0.2) is 70.9 Å². The molecular formula is C19H30N4O2. The van der Waals surface area contributed by atoms with Gasteiger partial charge in [-0.1, -0.05) is 0 Å². The molecule has 4 rings (SSSR count). The maximum atomic E-state index is 12.7. The number of hydrogen-bond acceptors (Lipinski definition) is 4. The number of rotatable bonds is 3. The zero-order chi connectivity index (χ0) is 17.2. The summed E-state index contributed by atoms with van der Waals surface area (Å²) in [6.07, 6.45) is 5.69. The highest BCUT2D eigenvalue weighted by Crippen LogP contribution is 2.30. The number of carbonyl (C=O) groups excluding carboxylic acids is 1. The van der Waals surface area contributed by atoms with Crippen LogP contribution in [0.4, 0.5) is 0 Å². The predicted molar refractivity (Wildman–Crippen MR) is 95.8 cm³/mol. The Morgan fingerprint density at radius 3 is 2.80 bits per heavy atom. The van der Waals surface area contributed by atoms with E-state index in [-0.39, 0.29) is 5.91 Å². The van der Waals surface area contributed by atoms with Crippen LogP contribution in [0, 0.1) is 0 Å². The lowest BCUT2D eigenvalue weighted by molar-refractivity contribution is 0.0237. The van der Waals surface area contributed by atoms with Gasteiger partial charge in [0.05, 0.1) is 5.69 Å². The second kappa shape index (κ2) is 7.46. The van der Waals surface area contributed by atoms with Crippen molar-refractivity contribution in [2.24, 2.45) is 0 Å². The average molecular weight is 346 g/mol. The Morgan fingerprint density at radius 2 is 2.00 bits per heavy atom. The maximum absolute atomic E-state index is 12.7. The average Bonchev–Trinajstić information content (AvgIpc) is 3.04. The van der Waals surface area contributed by atoms with Crippen molar-refractivity contribution in [2.45, 2.75) is 57.5 Å². The third-order valence-corrected chi connectivity index (χ3v) is 6.06. The Hall–Kier alpha value is -1.40. The molecule has 0 spiro atoms. The fourth-order valence-corrected chi connectivity index (χ4v) is 4.59. The summed E-state index contributed by atoms with van der Waals surface area (Å²) >= 11 is 0. The Balaban J connectivity index is 1.50. The van der Waals surface area contributed by atoms with Gasteiger partial charge in [-0.3, -0.25) is 14.4 Å². The van der Waals surface area contributed by atoms with E-state index in [9.17, 15) is 4.79 Å². The van der Waals surface area contributed by atoms with Crippen molar-refractivity contribution in [1.29, 1.82) is 0 Å². The minimum atomic E-state index is 0.149. The molecule has 25 heavy (non-hydrogen) atoms. The SMILES string of the molecule is CCN1CCCn2nc(C3CCCN(C4CCOCC4)C3)cc2C1=O. The van der Waals surface area contributed by atoms with Gasteiger partial charge in [0.2, 0.25) is 0 Å². The minimum absolute atomic E-state index is 0.149. The summed E-state index contributed by atoms with van der Waals surface area (Å²) in [7, 11) is 0. The lowest BCUT2D eigenvalue weighted by atomic mass is 9.92. The first-order valence-electron chi connectivity index (χ1n) is 9.95. The molecule has 138 valence electrons. The van der Waals surface area contributed by atoms with E-state index in [2.05, 4.69) is 17.9 Å². The zero-order valence-electron chi connectivity index (χ0n) is 15.3. The van der Waals surface area contributed by atoms with Crippen LogP contribution >= 0.6 is 0 Å². The molecule has 2 fully saturated rings. The first kappa shape index (κ1) is 17.0. The normalized spacial score (nSPS) is 26.5. The van der Waals surface area contributed by atoms with Gasteiger partial charge < -0.3 is 9.64 Å². The zero-order valence-corrected chi connectivity index (χ0v) is 15.3. The number of carbonyl (C=O) groups is 1. The Labute approximate surface area is 150 Å². The Morgan fingerprint density at radius 1 is 1.16 bits per heavy atom. The Kier molecular flexibility index (Phi) is 5.08. The molecule has 1 aromatic rings. The highest BCUT2D eigenvalue weighted by atomic mass is 16.5. The highest BCUT2D eigenvalue weighted by molar-refractivity contribution is 5.93. The van der Waals surface area contributed by atoms with Crippen molar-refractivity contribution >= 4 is 5.91 Å². The Bertz CT molecular complexity index is 609. The van der Waals surface area contributed by atoms with Gasteiger partial charge in [0, 0.05) is 51.4 Å². The molecule has 0 aliphatic carbocycles. The number of nitrogens with zero attached hydrogens (tertiary/aromatic N) is 4. The lowest BCUT2D eigenvalue weighted by Gasteiger charge is -2.39. The van der Waals surface area contributed by atoms with E-state index in [1.165, 1.54) is 19.4 Å². The van der Waals surface area contributed by atoms with Crippen molar-refractivity contribution in [1.82, 2.24) is 19.6 Å². The number of hydrogen-bond donors (Lipinski definition) is 0. The first-order valence-corrected chi connectivity index (χ1v) is 9.95. The topological polar surface area (TPSA) is 50.6 Å². The summed E-state index contributed by atoms with van der Waals surface area (Å²) in [6, 6.07) is 2.74. The van der Waals surface area contributed by atoms with Gasteiger partial charge in [0.1, 0.15) is 5.69 Å². The number of likely N-dealkylation sites (tertiary alicyclic amines) is 1. The maximum Gasteiger partial charge on any atom is 0.272 e. The van der Waals surface area contributed by atoms with Gasteiger partial charge in [-0.25, -0.2) is 0 Å². The third kappa shape index (κ3) is 3.47. The summed E-state index contributed by atoms with van der Waals surface area (Å²) in [5.41, 5.74) is 1.91. The minimum Gasteiger partial charge on any atom is -0.381 e. The number of fused-ring (bicyclic) bond motifs is 1. The molecule has 3 aliphatic rings. The van der Waals surface area contributed by atoms with Crippen LogP contribution < -0.4 is 0 Å². The number of aryl methyl sites for hydroxylation is 1. The second-order valence-electron chi connectivity index (χ2n) is 7.59. The number of aromatic nitrogens is 2. The molecule has 1 atom stereocenters. The van der Waals surface area contributed by atoms with E-state index in [1.807, 2.05) is 9.58 Å². The standard InChI is InChI=1S/C19H30N4O2/c1-2-21-9-4-10-23-18(19(21)24)13-17(20-23)15-5-3-8-22(14-15)16-6-11-25-12-7-16/h13,15-16H,2-12,14H2,1H3. The van der Waals surface area contributed by atoms with Crippen molar-refractivity contribution in [2.75, 3.05) is 39.4 Å². The second-order valence-corrected chi connectivity index (χ2v) is 7.59. The number of amides is 1. The molecule has 1 aromatic heterocycles. The van der Waals surface area contributed by atoms with Crippen LogP contribution in [0.15, 0.2) is 6.07 Å². The van der Waals surface area contributed by atoms with Crippen molar-refractivity contribution in [3.05, 3.63) is 17.5 Å². The molecule has 6 heteroatoms. The fraction of sp³-hybridized carbons (Fsp3) is 0.789. The molecule has 4 heterocycles. The van der Waals surface area contributed by atoms with E-state index < -0.39 is 0 Å². The number of piperidine rings is 1. The van der Waals surface area contributed by atoms with Gasteiger partial charge in [-0.2, -0.15) is 5.10 Å². The van der Waals surface area contributed by atoms with Crippen molar-refractivity contribution < 1.29 is 9.53 Å². The molecule has 0 aromatic carbocycles. The van der Waals surface area contributed by atoms with Gasteiger partial charge in [0.25, 0.3) is 5.91 Å². The van der Waals surface area contributed by atoms with E-state index in [4.69, 9.17) is 9.84 Å². The molecule has 6 nitrogen and oxygen atoms in total. The first-order chi connectivity index (χ1) is 12.3. The quantitative estimate of drug-likeness (QED) is 0.841. The van der Waals surface area contributed by atoms with Gasteiger partial charge in [-0.05, 0) is 51.6 Å². The summed E-state index contributed by atoms with van der Waals surface area (Å²) in [4.78, 5) is 17.3. The van der Waals surface area contributed by atoms with Gasteiger partial charge >= 0.3 is 0 Å². The molecule has 0 saturated carbocycles. The third-order valence-electron chi connectivity index (χ3n) is 6.06. The molecular weight excluding hydrogens is 316 g/mol. The highest BCUT2D eigenvalue weighted by Gasteiger charge is 2.31. The van der Waals surface area contributed by atoms with E-state index >= 15 is 0 Å². The van der Waals surface area contributed by atoms with Crippen LogP contribution in [0.25, 0.3) is 0 Å². The monoisotopic (exact) mass is 346 g/mol. The predicted octanol–water partition coefficient (Wildman–Crippen LogP) is 2.11. The van der Waals surface area contributed by atoms with Crippen LogP contribution in [0.2, 0.25) is 0 Å². The molecule has 1 amide bonds. The van der Waals surface area contributed by atoms with Crippen LogP contribution in [0.5, 0.6) is 0 Å². The van der Waals surface area contributed by atoms with Gasteiger partial charge in [-0.15, -0.1) is 0 Å². The smallest absolute Gasteiger partial charge is 0.272 e.